The second-order valence-corrected chi connectivity index (χ2v) is 5.89. The molecule has 2 aromatic carbocycles. The molecule has 1 aliphatic heterocycles. The lowest BCUT2D eigenvalue weighted by atomic mass is 10.1. The molecule has 1 aliphatic rings. The average molecular weight is 362 g/mol. The van der Waals surface area contributed by atoms with Crippen molar-refractivity contribution in [3.05, 3.63) is 46.2 Å². The van der Waals surface area contributed by atoms with Crippen molar-refractivity contribution in [3.8, 4) is 34.3 Å². The van der Waals surface area contributed by atoms with E-state index in [1.807, 2.05) is 18.2 Å². The number of nitrogens with one attached hydrogen (secondary N) is 1. The number of methoxy groups -OCH3 is 1. The van der Waals surface area contributed by atoms with Crippen molar-refractivity contribution >= 4 is 23.8 Å². The Hall–Kier alpha value is -2.51. The highest BCUT2D eigenvalue weighted by atomic mass is 35.5. The van der Waals surface area contributed by atoms with Crippen molar-refractivity contribution in [1.29, 1.82) is 0 Å². The third-order valence-corrected chi connectivity index (χ3v) is 4.20. The molecule has 0 radical (unpaired) electrons. The Labute approximate surface area is 147 Å². The zero-order chi connectivity index (χ0) is 16.7. The Morgan fingerprint density at radius 1 is 1.21 bits per heavy atom. The summed E-state index contributed by atoms with van der Waals surface area (Å²) in [6.45, 7) is 0.213. The summed E-state index contributed by atoms with van der Waals surface area (Å²) in [6, 6.07) is 10.9. The van der Waals surface area contributed by atoms with Crippen LogP contribution in [0.4, 0.5) is 0 Å². The molecule has 4 rings (SSSR count). The molecule has 8 heteroatoms. The highest BCUT2D eigenvalue weighted by Crippen LogP contribution is 2.36. The Morgan fingerprint density at radius 3 is 2.88 bits per heavy atom. The van der Waals surface area contributed by atoms with Gasteiger partial charge in [-0.15, -0.1) is 0 Å². The van der Waals surface area contributed by atoms with Crippen LogP contribution in [0.5, 0.6) is 17.2 Å². The van der Waals surface area contributed by atoms with Gasteiger partial charge in [-0.2, -0.15) is 5.10 Å². The summed E-state index contributed by atoms with van der Waals surface area (Å²) in [4.78, 5) is 0. The van der Waals surface area contributed by atoms with Crippen LogP contribution in [0.3, 0.4) is 0 Å². The molecule has 0 aliphatic carbocycles. The standard InChI is InChI=1S/C16H12ClN3O3S/c1-21-12-4-2-9(17)6-11(12)15-18-19-16(24)20(15)10-3-5-13-14(7-10)23-8-22-13/h2-7H,8H2,1H3,(H,19,24). The highest BCUT2D eigenvalue weighted by Gasteiger charge is 2.19. The molecule has 3 aromatic rings. The average Bonchev–Trinajstić information content (AvgIpc) is 3.20. The van der Waals surface area contributed by atoms with E-state index in [4.69, 9.17) is 38.0 Å². The molecule has 1 N–H and O–H groups in total. The Morgan fingerprint density at radius 2 is 2.04 bits per heavy atom. The second-order valence-electron chi connectivity index (χ2n) is 5.07. The summed E-state index contributed by atoms with van der Waals surface area (Å²) in [7, 11) is 1.60. The number of aromatic amines is 1. The van der Waals surface area contributed by atoms with Crippen molar-refractivity contribution in [2.75, 3.05) is 13.9 Å². The SMILES string of the molecule is COc1ccc(Cl)cc1-c1n[nH]c(=S)n1-c1ccc2c(c1)OCO2. The van der Waals surface area contributed by atoms with Gasteiger partial charge in [0.15, 0.2) is 22.1 Å². The maximum atomic E-state index is 6.14. The lowest BCUT2D eigenvalue weighted by Crippen LogP contribution is -1.99. The first-order valence-electron chi connectivity index (χ1n) is 7.09. The fourth-order valence-electron chi connectivity index (χ4n) is 2.60. The largest absolute Gasteiger partial charge is 0.496 e. The van der Waals surface area contributed by atoms with E-state index in [1.54, 1.807) is 29.9 Å². The Bertz CT molecular complexity index is 983. The van der Waals surface area contributed by atoms with Crippen LogP contribution in [0.2, 0.25) is 5.02 Å². The molecule has 0 spiro atoms. The second kappa shape index (κ2) is 5.85. The minimum absolute atomic E-state index is 0.213. The molecule has 0 unspecified atom stereocenters. The first-order valence-corrected chi connectivity index (χ1v) is 7.87. The van der Waals surface area contributed by atoms with Gasteiger partial charge in [0.25, 0.3) is 0 Å². The van der Waals surface area contributed by atoms with Gasteiger partial charge >= 0.3 is 0 Å². The van der Waals surface area contributed by atoms with Gasteiger partial charge < -0.3 is 14.2 Å². The van der Waals surface area contributed by atoms with Crippen molar-refractivity contribution < 1.29 is 14.2 Å². The zero-order valence-corrected chi connectivity index (χ0v) is 14.1. The van der Waals surface area contributed by atoms with Crippen molar-refractivity contribution in [2.24, 2.45) is 0 Å². The van der Waals surface area contributed by atoms with Gasteiger partial charge in [-0.3, -0.25) is 9.67 Å². The molecule has 24 heavy (non-hydrogen) atoms. The van der Waals surface area contributed by atoms with Crippen LogP contribution in [-0.4, -0.2) is 28.7 Å². The zero-order valence-electron chi connectivity index (χ0n) is 12.6. The number of fused-ring (bicyclic) bond motifs is 1. The smallest absolute Gasteiger partial charge is 0.231 e. The topological polar surface area (TPSA) is 61.3 Å². The number of halogens is 1. The monoisotopic (exact) mass is 361 g/mol. The molecule has 122 valence electrons. The summed E-state index contributed by atoms with van der Waals surface area (Å²) < 4.78 is 18.5. The number of ether oxygens (including phenoxy) is 3. The summed E-state index contributed by atoms with van der Waals surface area (Å²) in [6.07, 6.45) is 0. The summed E-state index contributed by atoms with van der Waals surface area (Å²) in [5.74, 6) is 2.61. The predicted molar refractivity (Wildman–Crippen MR) is 91.9 cm³/mol. The molecular weight excluding hydrogens is 350 g/mol. The maximum absolute atomic E-state index is 6.14. The molecule has 0 atom stereocenters. The fraction of sp³-hybridized carbons (Fsp3) is 0.125. The minimum atomic E-state index is 0.213. The van der Waals surface area contributed by atoms with Gasteiger partial charge in [0.2, 0.25) is 6.79 Å². The third-order valence-electron chi connectivity index (χ3n) is 3.69. The van der Waals surface area contributed by atoms with Crippen LogP contribution in [0, 0.1) is 4.77 Å². The van der Waals surface area contributed by atoms with E-state index in [0.717, 1.165) is 11.3 Å². The third kappa shape index (κ3) is 2.42. The minimum Gasteiger partial charge on any atom is -0.496 e. The summed E-state index contributed by atoms with van der Waals surface area (Å²) in [5.41, 5.74) is 1.53. The van der Waals surface area contributed by atoms with E-state index in [2.05, 4.69) is 10.2 Å². The molecule has 0 fully saturated rings. The number of rotatable bonds is 3. The molecule has 1 aromatic heterocycles. The summed E-state index contributed by atoms with van der Waals surface area (Å²) in [5, 5.41) is 7.74. The van der Waals surface area contributed by atoms with Crippen LogP contribution in [0.15, 0.2) is 36.4 Å². The maximum Gasteiger partial charge on any atom is 0.231 e. The number of nitrogens with zero attached hydrogens (tertiary/aromatic N) is 2. The van der Waals surface area contributed by atoms with Crippen molar-refractivity contribution in [1.82, 2.24) is 14.8 Å². The van der Waals surface area contributed by atoms with Gasteiger partial charge in [0.1, 0.15) is 5.75 Å². The molecule has 0 saturated heterocycles. The molecular formula is C16H12ClN3O3S. The van der Waals surface area contributed by atoms with Crippen LogP contribution in [-0.2, 0) is 0 Å². The normalized spacial score (nSPS) is 12.4. The van der Waals surface area contributed by atoms with E-state index < -0.39 is 0 Å². The number of benzene rings is 2. The van der Waals surface area contributed by atoms with Gasteiger partial charge in [-0.05, 0) is 42.5 Å². The van der Waals surface area contributed by atoms with Crippen LogP contribution in [0.25, 0.3) is 17.1 Å². The molecule has 0 amide bonds. The van der Waals surface area contributed by atoms with Crippen LogP contribution >= 0.6 is 23.8 Å². The van der Waals surface area contributed by atoms with E-state index in [0.29, 0.717) is 32.9 Å². The molecule has 2 heterocycles. The number of H-pyrrole nitrogens is 1. The van der Waals surface area contributed by atoms with Gasteiger partial charge in [-0.1, -0.05) is 11.6 Å². The lowest BCUT2D eigenvalue weighted by molar-refractivity contribution is 0.174. The first kappa shape index (κ1) is 15.0. The Balaban J connectivity index is 1.92. The Kier molecular flexibility index (Phi) is 3.66. The van der Waals surface area contributed by atoms with E-state index in [-0.39, 0.29) is 6.79 Å². The van der Waals surface area contributed by atoms with E-state index >= 15 is 0 Å². The molecule has 0 saturated carbocycles. The summed E-state index contributed by atoms with van der Waals surface area (Å²) >= 11 is 11.5. The number of hydrogen-bond donors (Lipinski definition) is 1. The highest BCUT2D eigenvalue weighted by molar-refractivity contribution is 7.71. The molecule has 0 bridgehead atoms. The molecule has 6 nitrogen and oxygen atoms in total. The first-order chi connectivity index (χ1) is 11.7. The van der Waals surface area contributed by atoms with Gasteiger partial charge in [0, 0.05) is 11.1 Å². The van der Waals surface area contributed by atoms with Gasteiger partial charge in [-0.25, -0.2) is 0 Å². The predicted octanol–water partition coefficient (Wildman–Crippen LogP) is 3.99. The van der Waals surface area contributed by atoms with E-state index in [9.17, 15) is 0 Å². The van der Waals surface area contributed by atoms with Crippen LogP contribution in [0.1, 0.15) is 0 Å². The van der Waals surface area contributed by atoms with Crippen LogP contribution < -0.4 is 14.2 Å². The van der Waals surface area contributed by atoms with Crippen molar-refractivity contribution in [2.45, 2.75) is 0 Å². The van der Waals surface area contributed by atoms with Gasteiger partial charge in [0.05, 0.1) is 18.4 Å². The van der Waals surface area contributed by atoms with Crippen molar-refractivity contribution in [3.63, 3.8) is 0 Å². The fourth-order valence-corrected chi connectivity index (χ4v) is 3.01. The lowest BCUT2D eigenvalue weighted by Gasteiger charge is -2.11. The van der Waals surface area contributed by atoms with E-state index in [1.165, 1.54) is 0 Å². The number of aromatic nitrogens is 3. The quantitative estimate of drug-likeness (QED) is 0.715. The number of hydrogen-bond acceptors (Lipinski definition) is 5.